The van der Waals surface area contributed by atoms with Gasteiger partial charge in [-0.25, -0.2) is 4.79 Å². The van der Waals surface area contributed by atoms with Crippen LogP contribution in [-0.2, 0) is 4.79 Å². The number of dihydropyridines is 1. The third-order valence-electron chi connectivity index (χ3n) is 6.08. The van der Waals surface area contributed by atoms with Crippen molar-refractivity contribution in [1.29, 1.82) is 0 Å². The Morgan fingerprint density at radius 1 is 1.23 bits per heavy atom. The van der Waals surface area contributed by atoms with E-state index >= 15 is 0 Å². The molecular formula is C24H30N4O3. The van der Waals surface area contributed by atoms with Crippen molar-refractivity contribution in [2.45, 2.75) is 39.2 Å². The lowest BCUT2D eigenvalue weighted by atomic mass is 10.0. The van der Waals surface area contributed by atoms with Gasteiger partial charge in [0.2, 0.25) is 5.91 Å². The fourth-order valence-electron chi connectivity index (χ4n) is 3.95. The van der Waals surface area contributed by atoms with Crippen LogP contribution in [0.3, 0.4) is 0 Å². The van der Waals surface area contributed by atoms with E-state index in [-0.39, 0.29) is 24.0 Å². The summed E-state index contributed by atoms with van der Waals surface area (Å²) in [6.07, 6.45) is 10.2. The van der Waals surface area contributed by atoms with Crippen LogP contribution in [0.15, 0.2) is 60.1 Å². The monoisotopic (exact) mass is 422 g/mol. The fourth-order valence-corrected chi connectivity index (χ4v) is 3.95. The second-order valence-corrected chi connectivity index (χ2v) is 8.29. The minimum Gasteiger partial charge on any atom is -0.490 e. The summed E-state index contributed by atoms with van der Waals surface area (Å²) in [4.78, 5) is 28.5. The number of allylic oxidation sites excluding steroid dienone is 1. The molecular weight excluding hydrogens is 392 g/mol. The van der Waals surface area contributed by atoms with Crippen LogP contribution >= 0.6 is 0 Å². The summed E-state index contributed by atoms with van der Waals surface area (Å²) in [5.74, 6) is 1.11. The number of fused-ring (bicyclic) bond motifs is 1. The molecule has 2 N–H and O–H groups in total. The number of carbonyl (C=O) groups is 2. The highest BCUT2D eigenvalue weighted by Crippen LogP contribution is 2.25. The molecule has 0 radical (unpaired) electrons. The first kappa shape index (κ1) is 21.0. The van der Waals surface area contributed by atoms with Crippen molar-refractivity contribution in [3.8, 4) is 5.75 Å². The highest BCUT2D eigenvalue weighted by molar-refractivity contribution is 5.91. The van der Waals surface area contributed by atoms with Crippen LogP contribution in [0.1, 0.15) is 33.1 Å². The molecule has 4 rings (SSSR count). The lowest BCUT2D eigenvalue weighted by molar-refractivity contribution is -0.136. The lowest BCUT2D eigenvalue weighted by Crippen LogP contribution is -2.43. The summed E-state index contributed by atoms with van der Waals surface area (Å²) in [5, 5.41) is 5.98. The number of nitrogens with one attached hydrogen (secondary N) is 2. The average molecular weight is 423 g/mol. The first-order valence-electron chi connectivity index (χ1n) is 11.0. The fraction of sp³-hybridized carbons (Fsp3) is 0.417. The molecule has 0 aromatic heterocycles. The molecule has 164 valence electrons. The van der Waals surface area contributed by atoms with Crippen LogP contribution in [-0.4, -0.2) is 47.5 Å². The molecule has 3 amide bonds. The number of anilines is 1. The van der Waals surface area contributed by atoms with E-state index in [0.29, 0.717) is 6.54 Å². The van der Waals surface area contributed by atoms with E-state index in [1.54, 1.807) is 4.90 Å². The lowest BCUT2D eigenvalue weighted by Gasteiger charge is -2.33. The normalized spacial score (nSPS) is 19.2. The molecule has 31 heavy (non-hydrogen) atoms. The summed E-state index contributed by atoms with van der Waals surface area (Å²) in [6.45, 7) is 6.08. The molecule has 7 heteroatoms. The van der Waals surface area contributed by atoms with Gasteiger partial charge in [-0.2, -0.15) is 0 Å². The zero-order valence-corrected chi connectivity index (χ0v) is 18.1. The molecule has 0 bridgehead atoms. The van der Waals surface area contributed by atoms with Gasteiger partial charge in [-0.1, -0.05) is 13.8 Å². The number of hydrogen-bond donors (Lipinski definition) is 2. The van der Waals surface area contributed by atoms with Gasteiger partial charge in [0.1, 0.15) is 11.9 Å². The Morgan fingerprint density at radius 3 is 2.65 bits per heavy atom. The van der Waals surface area contributed by atoms with Crippen molar-refractivity contribution in [3.63, 3.8) is 0 Å². The van der Waals surface area contributed by atoms with Gasteiger partial charge in [0.05, 0.1) is 6.54 Å². The summed E-state index contributed by atoms with van der Waals surface area (Å²) in [5.41, 5.74) is 2.87. The third-order valence-corrected chi connectivity index (χ3v) is 6.08. The molecule has 0 spiro atoms. The number of nitrogens with zero attached hydrogens (tertiary/aromatic N) is 2. The Morgan fingerprint density at radius 2 is 1.97 bits per heavy atom. The van der Waals surface area contributed by atoms with Crippen molar-refractivity contribution in [1.82, 2.24) is 15.1 Å². The van der Waals surface area contributed by atoms with Crippen LogP contribution in [0.2, 0.25) is 0 Å². The topological polar surface area (TPSA) is 73.9 Å². The number of amides is 3. The Kier molecular flexibility index (Phi) is 6.30. The molecule has 0 saturated carbocycles. The zero-order valence-electron chi connectivity index (χ0n) is 18.1. The SMILES string of the molecule is CC[C@H](C)C(=O)N1CCC(Oc2ccc(NC(=O)N3C=C4C=CNC=C4C3)cc2)CC1. The molecule has 1 atom stereocenters. The quantitative estimate of drug-likeness (QED) is 0.756. The highest BCUT2D eigenvalue weighted by atomic mass is 16.5. The van der Waals surface area contributed by atoms with Crippen molar-refractivity contribution >= 4 is 17.6 Å². The van der Waals surface area contributed by atoms with Crippen LogP contribution in [0, 0.1) is 5.92 Å². The number of likely N-dealkylation sites (tertiary alicyclic amines) is 1. The Bertz CT molecular complexity index is 911. The van der Waals surface area contributed by atoms with Crippen LogP contribution in [0.25, 0.3) is 0 Å². The van der Waals surface area contributed by atoms with Gasteiger partial charge in [-0.05, 0) is 47.9 Å². The Labute approximate surface area is 183 Å². The number of benzene rings is 1. The molecule has 0 unspecified atom stereocenters. The molecule has 3 aliphatic heterocycles. The number of rotatable bonds is 5. The molecule has 0 aliphatic carbocycles. The van der Waals surface area contributed by atoms with E-state index in [2.05, 4.69) is 10.6 Å². The average Bonchev–Trinajstić information content (AvgIpc) is 3.24. The molecule has 3 heterocycles. The van der Waals surface area contributed by atoms with Gasteiger partial charge in [-0.3, -0.25) is 9.69 Å². The molecule has 1 saturated heterocycles. The van der Waals surface area contributed by atoms with Gasteiger partial charge < -0.3 is 20.3 Å². The molecule has 1 aromatic rings. The van der Waals surface area contributed by atoms with Gasteiger partial charge in [0.25, 0.3) is 0 Å². The summed E-state index contributed by atoms with van der Waals surface area (Å²) >= 11 is 0. The summed E-state index contributed by atoms with van der Waals surface area (Å²) in [7, 11) is 0. The first-order chi connectivity index (χ1) is 15.0. The van der Waals surface area contributed by atoms with Crippen LogP contribution in [0.4, 0.5) is 10.5 Å². The number of piperidine rings is 1. The van der Waals surface area contributed by atoms with Crippen LogP contribution in [0.5, 0.6) is 5.75 Å². The van der Waals surface area contributed by atoms with Crippen molar-refractivity contribution in [2.75, 3.05) is 25.0 Å². The van der Waals surface area contributed by atoms with Gasteiger partial charge in [0, 0.05) is 56.1 Å². The standard InChI is InChI=1S/C24H30N4O3/c1-3-17(2)23(29)27-12-9-22(10-13-27)31-21-6-4-20(5-7-21)26-24(30)28-15-18-8-11-25-14-19(18)16-28/h4-8,11,14-15,17,22,25H,3,9-10,12-13,16H2,1-2H3,(H,26,30)/t17-/m0/s1. The maximum absolute atomic E-state index is 12.6. The maximum atomic E-state index is 12.6. The van der Waals surface area contributed by atoms with Crippen molar-refractivity contribution in [3.05, 3.63) is 60.1 Å². The maximum Gasteiger partial charge on any atom is 0.326 e. The summed E-state index contributed by atoms with van der Waals surface area (Å²) < 4.78 is 6.10. The minimum atomic E-state index is -0.164. The van der Waals surface area contributed by atoms with E-state index in [1.165, 1.54) is 0 Å². The van der Waals surface area contributed by atoms with E-state index in [0.717, 1.165) is 54.9 Å². The Hall–Kier alpha value is -3.22. The van der Waals surface area contributed by atoms with Gasteiger partial charge in [-0.15, -0.1) is 0 Å². The van der Waals surface area contributed by atoms with E-state index in [9.17, 15) is 9.59 Å². The van der Waals surface area contributed by atoms with Gasteiger partial charge >= 0.3 is 6.03 Å². The largest absolute Gasteiger partial charge is 0.490 e. The number of carbonyl (C=O) groups excluding carboxylic acids is 2. The highest BCUT2D eigenvalue weighted by Gasteiger charge is 2.26. The zero-order chi connectivity index (χ0) is 21.8. The van der Waals surface area contributed by atoms with Gasteiger partial charge in [0.15, 0.2) is 0 Å². The van der Waals surface area contributed by atoms with E-state index in [1.807, 2.05) is 67.7 Å². The van der Waals surface area contributed by atoms with Crippen LogP contribution < -0.4 is 15.4 Å². The predicted octanol–water partition coefficient (Wildman–Crippen LogP) is 3.83. The second kappa shape index (κ2) is 9.29. The molecule has 7 nitrogen and oxygen atoms in total. The second-order valence-electron chi connectivity index (χ2n) is 8.29. The third kappa shape index (κ3) is 4.93. The Balaban J connectivity index is 1.26. The minimum absolute atomic E-state index is 0.0888. The summed E-state index contributed by atoms with van der Waals surface area (Å²) in [6, 6.07) is 7.30. The molecule has 3 aliphatic rings. The number of urea groups is 1. The predicted molar refractivity (Wildman–Crippen MR) is 120 cm³/mol. The first-order valence-corrected chi connectivity index (χ1v) is 11.0. The van der Waals surface area contributed by atoms with E-state index in [4.69, 9.17) is 4.74 Å². The molecule has 1 aromatic carbocycles. The van der Waals surface area contributed by atoms with Crippen molar-refractivity contribution < 1.29 is 14.3 Å². The molecule has 1 fully saturated rings. The smallest absolute Gasteiger partial charge is 0.326 e. The number of ether oxygens (including phenoxy) is 1. The number of hydrogen-bond acceptors (Lipinski definition) is 4. The van der Waals surface area contributed by atoms with Crippen molar-refractivity contribution in [2.24, 2.45) is 5.92 Å². The van der Waals surface area contributed by atoms with E-state index < -0.39 is 0 Å².